The maximum absolute atomic E-state index is 12.9. The molecule has 0 amide bonds. The summed E-state index contributed by atoms with van der Waals surface area (Å²) in [5, 5.41) is 0. The van der Waals surface area contributed by atoms with Gasteiger partial charge in [-0.05, 0) is 83.5 Å². The Bertz CT molecular complexity index is 1430. The van der Waals surface area contributed by atoms with Crippen LogP contribution in [0.1, 0.15) is 374 Å². The molecular formula is C74H134O6. The number of allylic oxidation sites excluding steroid dienone is 10. The Balaban J connectivity index is 4.18. The van der Waals surface area contributed by atoms with Crippen molar-refractivity contribution in [3.8, 4) is 0 Å². The fraction of sp³-hybridized carbons (Fsp3) is 0.824. The zero-order valence-corrected chi connectivity index (χ0v) is 53.6. The van der Waals surface area contributed by atoms with E-state index in [2.05, 4.69) is 81.5 Å². The number of hydrogen-bond donors (Lipinski definition) is 0. The highest BCUT2D eigenvalue weighted by atomic mass is 16.6. The van der Waals surface area contributed by atoms with Crippen LogP contribution in [0.3, 0.4) is 0 Å². The summed E-state index contributed by atoms with van der Waals surface area (Å²) >= 11 is 0. The van der Waals surface area contributed by atoms with Crippen LogP contribution < -0.4 is 0 Å². The van der Waals surface area contributed by atoms with Crippen molar-refractivity contribution in [2.24, 2.45) is 0 Å². The van der Waals surface area contributed by atoms with E-state index >= 15 is 0 Å². The normalized spacial score (nSPS) is 12.4. The van der Waals surface area contributed by atoms with Gasteiger partial charge in [-0.1, -0.05) is 332 Å². The van der Waals surface area contributed by atoms with Crippen LogP contribution in [-0.2, 0) is 28.6 Å². The van der Waals surface area contributed by atoms with Crippen LogP contribution in [0.4, 0.5) is 0 Å². The topological polar surface area (TPSA) is 78.9 Å². The van der Waals surface area contributed by atoms with Gasteiger partial charge in [0, 0.05) is 19.3 Å². The largest absolute Gasteiger partial charge is 0.462 e. The molecule has 1 unspecified atom stereocenters. The van der Waals surface area contributed by atoms with Crippen molar-refractivity contribution in [2.45, 2.75) is 380 Å². The number of carbonyl (C=O) groups excluding carboxylic acids is 3. The first kappa shape index (κ1) is 77.1. The monoisotopic (exact) mass is 1120 g/mol. The molecule has 6 nitrogen and oxygen atoms in total. The lowest BCUT2D eigenvalue weighted by Crippen LogP contribution is -2.30. The number of hydrogen-bond acceptors (Lipinski definition) is 6. The van der Waals surface area contributed by atoms with Gasteiger partial charge in [0.2, 0.25) is 0 Å². The Morgan fingerprint density at radius 3 is 0.800 bits per heavy atom. The first-order chi connectivity index (χ1) is 39.5. The van der Waals surface area contributed by atoms with E-state index in [1.54, 1.807) is 0 Å². The molecule has 80 heavy (non-hydrogen) atoms. The smallest absolute Gasteiger partial charge is 0.306 e. The van der Waals surface area contributed by atoms with Gasteiger partial charge in [0.25, 0.3) is 0 Å². The van der Waals surface area contributed by atoms with E-state index in [0.29, 0.717) is 19.3 Å². The van der Waals surface area contributed by atoms with E-state index in [9.17, 15) is 14.4 Å². The van der Waals surface area contributed by atoms with E-state index in [0.717, 1.165) is 89.9 Å². The molecule has 6 heteroatoms. The molecule has 0 saturated carbocycles. The van der Waals surface area contributed by atoms with Crippen molar-refractivity contribution in [3.05, 3.63) is 60.8 Å². The Labute approximate surface area is 498 Å². The summed E-state index contributed by atoms with van der Waals surface area (Å²) in [6.07, 6.45) is 88.4. The number of esters is 3. The van der Waals surface area contributed by atoms with Crippen molar-refractivity contribution in [1.29, 1.82) is 0 Å². The highest BCUT2D eigenvalue weighted by Gasteiger charge is 2.19. The van der Waals surface area contributed by atoms with Crippen molar-refractivity contribution in [2.75, 3.05) is 13.2 Å². The standard InChI is InChI=1S/C74H134O6/c1-4-7-10-13-16-19-22-25-27-29-31-32-33-34-35-36-37-38-39-40-41-43-44-46-49-52-55-58-61-64-67-73(76)79-70-71(69-78-72(75)66-63-60-57-54-51-48-24-21-18-15-12-9-6-3)80-74(77)68-65-62-59-56-53-50-47-45-42-30-28-26-23-20-17-14-11-8-5-2/h9,12,17-18,20-21,26,28,48,51,71H,4-8,10-11,13-16,19,22-25,27,29-47,49-50,52-70H2,1-3H3/b12-9-,20-17-,21-18-,28-26-,51-48-. The third kappa shape index (κ3) is 65.9. The van der Waals surface area contributed by atoms with Crippen molar-refractivity contribution in [3.63, 3.8) is 0 Å². The third-order valence-electron chi connectivity index (χ3n) is 15.8. The first-order valence-electron chi connectivity index (χ1n) is 35.3. The average Bonchev–Trinajstić information content (AvgIpc) is 3.46. The van der Waals surface area contributed by atoms with E-state index in [1.807, 2.05) is 0 Å². The second-order valence-electron chi connectivity index (χ2n) is 23.8. The van der Waals surface area contributed by atoms with Gasteiger partial charge in [-0.3, -0.25) is 14.4 Å². The van der Waals surface area contributed by atoms with Crippen LogP contribution in [0.2, 0.25) is 0 Å². The fourth-order valence-corrected chi connectivity index (χ4v) is 10.5. The highest BCUT2D eigenvalue weighted by molar-refractivity contribution is 5.71. The van der Waals surface area contributed by atoms with E-state index < -0.39 is 6.10 Å². The lowest BCUT2D eigenvalue weighted by Gasteiger charge is -2.18. The van der Waals surface area contributed by atoms with Crippen LogP contribution in [-0.4, -0.2) is 37.2 Å². The number of rotatable bonds is 65. The lowest BCUT2D eigenvalue weighted by molar-refractivity contribution is -0.167. The molecule has 0 N–H and O–H groups in total. The van der Waals surface area contributed by atoms with Crippen molar-refractivity contribution >= 4 is 17.9 Å². The molecule has 0 aromatic heterocycles. The predicted octanol–water partition coefficient (Wildman–Crippen LogP) is 24.3. The fourth-order valence-electron chi connectivity index (χ4n) is 10.5. The van der Waals surface area contributed by atoms with Crippen LogP contribution in [0, 0.1) is 0 Å². The molecule has 0 aliphatic rings. The summed E-state index contributed by atoms with van der Waals surface area (Å²) in [6.45, 7) is 6.53. The van der Waals surface area contributed by atoms with Gasteiger partial charge in [0.05, 0.1) is 0 Å². The van der Waals surface area contributed by atoms with E-state index in [4.69, 9.17) is 14.2 Å². The van der Waals surface area contributed by atoms with Crippen LogP contribution in [0.5, 0.6) is 0 Å². The zero-order valence-electron chi connectivity index (χ0n) is 53.6. The summed E-state index contributed by atoms with van der Waals surface area (Å²) in [6, 6.07) is 0. The SMILES string of the molecule is CC/C=C\C/C=C\C/C=C\CCCCCC(=O)OCC(COC(=O)CCCCCCCCCCCCCCCCCCCCCCCCCCCCCCCC)OC(=O)CCCCCCCCCCC/C=C\C/C=C\CCCCC. The Morgan fingerprint density at radius 1 is 0.263 bits per heavy atom. The molecule has 1 atom stereocenters. The maximum atomic E-state index is 12.9. The summed E-state index contributed by atoms with van der Waals surface area (Å²) in [4.78, 5) is 38.4. The molecular weight excluding hydrogens is 985 g/mol. The summed E-state index contributed by atoms with van der Waals surface area (Å²) < 4.78 is 16.9. The molecule has 0 rings (SSSR count). The second-order valence-corrected chi connectivity index (χ2v) is 23.8. The third-order valence-corrected chi connectivity index (χ3v) is 15.8. The zero-order chi connectivity index (χ0) is 57.8. The molecule has 0 saturated heterocycles. The minimum Gasteiger partial charge on any atom is -0.462 e. The molecule has 0 heterocycles. The van der Waals surface area contributed by atoms with Gasteiger partial charge in [0.15, 0.2) is 6.10 Å². The van der Waals surface area contributed by atoms with Crippen molar-refractivity contribution in [1.82, 2.24) is 0 Å². The Hall–Kier alpha value is -2.89. The molecule has 0 aliphatic carbocycles. The van der Waals surface area contributed by atoms with Gasteiger partial charge in [-0.25, -0.2) is 0 Å². The van der Waals surface area contributed by atoms with Crippen LogP contribution in [0.25, 0.3) is 0 Å². The van der Waals surface area contributed by atoms with Gasteiger partial charge in [0.1, 0.15) is 13.2 Å². The number of ether oxygens (including phenoxy) is 3. The molecule has 0 aliphatic heterocycles. The van der Waals surface area contributed by atoms with Crippen LogP contribution in [0.15, 0.2) is 60.8 Å². The molecule has 0 bridgehead atoms. The number of carbonyl (C=O) groups is 3. The van der Waals surface area contributed by atoms with Gasteiger partial charge >= 0.3 is 17.9 Å². The minimum absolute atomic E-state index is 0.0821. The lowest BCUT2D eigenvalue weighted by atomic mass is 10.0. The second kappa shape index (κ2) is 68.6. The Morgan fingerprint density at radius 2 is 0.487 bits per heavy atom. The number of unbranched alkanes of at least 4 members (excludes halogenated alkanes) is 44. The van der Waals surface area contributed by atoms with Gasteiger partial charge in [-0.2, -0.15) is 0 Å². The average molecular weight is 1120 g/mol. The minimum atomic E-state index is -0.789. The summed E-state index contributed by atoms with van der Waals surface area (Å²) in [5.74, 6) is -0.896. The molecule has 0 fully saturated rings. The highest BCUT2D eigenvalue weighted by Crippen LogP contribution is 2.18. The molecule has 0 aromatic rings. The van der Waals surface area contributed by atoms with E-state index in [-0.39, 0.29) is 31.1 Å². The molecule has 0 radical (unpaired) electrons. The van der Waals surface area contributed by atoms with Gasteiger partial charge in [-0.15, -0.1) is 0 Å². The summed E-state index contributed by atoms with van der Waals surface area (Å²) in [7, 11) is 0. The molecule has 466 valence electrons. The maximum Gasteiger partial charge on any atom is 0.306 e. The van der Waals surface area contributed by atoms with E-state index in [1.165, 1.54) is 244 Å². The Kier molecular flexibility index (Phi) is 66.1. The van der Waals surface area contributed by atoms with Crippen LogP contribution >= 0.6 is 0 Å². The van der Waals surface area contributed by atoms with Gasteiger partial charge < -0.3 is 14.2 Å². The molecule has 0 aromatic carbocycles. The summed E-state index contributed by atoms with van der Waals surface area (Å²) in [5.41, 5.74) is 0. The van der Waals surface area contributed by atoms with Crippen molar-refractivity contribution < 1.29 is 28.6 Å². The first-order valence-corrected chi connectivity index (χ1v) is 35.3. The quantitative estimate of drug-likeness (QED) is 0.0261. The predicted molar refractivity (Wildman–Crippen MR) is 348 cm³/mol. The molecule has 0 spiro atoms.